The molecule has 0 saturated heterocycles. The Hall–Kier alpha value is 0. The molecular formula is C16H34. The predicted octanol–water partition coefficient (Wildman–Crippen LogP) is 6.06. The number of hydrogen-bond acceptors (Lipinski definition) is 0. The van der Waals surface area contributed by atoms with Gasteiger partial charge in [0, 0.05) is 0 Å². The van der Waals surface area contributed by atoms with Crippen molar-refractivity contribution in [2.75, 3.05) is 0 Å². The van der Waals surface area contributed by atoms with E-state index in [1.54, 1.807) is 0 Å². The molecule has 2 atom stereocenters. The second kappa shape index (κ2) is 8.14. The Morgan fingerprint density at radius 2 is 1.44 bits per heavy atom. The van der Waals surface area contributed by atoms with Crippen LogP contribution < -0.4 is 0 Å². The molecule has 0 rings (SSSR count). The van der Waals surface area contributed by atoms with Crippen molar-refractivity contribution in [3.63, 3.8) is 0 Å². The molecule has 0 aromatic rings. The quantitative estimate of drug-likeness (QED) is 0.448. The summed E-state index contributed by atoms with van der Waals surface area (Å²) in [5.74, 6) is 1.82. The zero-order chi connectivity index (χ0) is 12.6. The molecule has 0 aliphatic carbocycles. The Balaban J connectivity index is 3.84. The zero-order valence-corrected chi connectivity index (χ0v) is 12.6. The molecular weight excluding hydrogens is 192 g/mol. The molecule has 0 heterocycles. The molecule has 2 unspecified atom stereocenters. The monoisotopic (exact) mass is 226 g/mol. The molecule has 0 N–H and O–H groups in total. The third-order valence-electron chi connectivity index (χ3n) is 4.92. The summed E-state index contributed by atoms with van der Waals surface area (Å²) < 4.78 is 0. The van der Waals surface area contributed by atoms with E-state index in [1.165, 1.54) is 44.9 Å². The van der Waals surface area contributed by atoms with Crippen LogP contribution in [0.2, 0.25) is 0 Å². The maximum atomic E-state index is 2.47. The molecule has 0 aliphatic heterocycles. The van der Waals surface area contributed by atoms with Crippen molar-refractivity contribution in [1.82, 2.24) is 0 Å². The topological polar surface area (TPSA) is 0 Å². The van der Waals surface area contributed by atoms with Gasteiger partial charge in [-0.05, 0) is 17.3 Å². The van der Waals surface area contributed by atoms with Crippen molar-refractivity contribution < 1.29 is 0 Å². The average molecular weight is 226 g/mol. The fourth-order valence-corrected chi connectivity index (χ4v) is 2.71. The fraction of sp³-hybridized carbons (Fsp3) is 1.00. The van der Waals surface area contributed by atoms with Gasteiger partial charge in [-0.15, -0.1) is 0 Å². The fourth-order valence-electron chi connectivity index (χ4n) is 2.71. The van der Waals surface area contributed by atoms with Gasteiger partial charge in [0.25, 0.3) is 0 Å². The van der Waals surface area contributed by atoms with Crippen molar-refractivity contribution >= 4 is 0 Å². The first-order chi connectivity index (χ1) is 7.50. The Bertz CT molecular complexity index is 155. The van der Waals surface area contributed by atoms with Crippen molar-refractivity contribution in [1.29, 1.82) is 0 Å². The van der Waals surface area contributed by atoms with Gasteiger partial charge < -0.3 is 0 Å². The third kappa shape index (κ3) is 5.37. The largest absolute Gasteiger partial charge is 0.0654 e. The number of hydrogen-bond donors (Lipinski definition) is 0. The summed E-state index contributed by atoms with van der Waals surface area (Å²) >= 11 is 0. The molecule has 0 saturated carbocycles. The maximum Gasteiger partial charge on any atom is -0.0305 e. The van der Waals surface area contributed by atoms with Crippen molar-refractivity contribution in [3.8, 4) is 0 Å². The second-order valence-electron chi connectivity index (χ2n) is 6.09. The Labute approximate surface area is 104 Å². The van der Waals surface area contributed by atoms with Crippen LogP contribution in [-0.4, -0.2) is 0 Å². The van der Waals surface area contributed by atoms with E-state index in [1.807, 2.05) is 0 Å². The second-order valence-corrected chi connectivity index (χ2v) is 6.09. The van der Waals surface area contributed by atoms with Crippen molar-refractivity contribution in [3.05, 3.63) is 0 Å². The molecule has 0 aliphatic rings. The Kier molecular flexibility index (Phi) is 8.14. The van der Waals surface area contributed by atoms with Crippen LogP contribution in [0.1, 0.15) is 86.5 Å². The summed E-state index contributed by atoms with van der Waals surface area (Å²) in [5, 5.41) is 0. The van der Waals surface area contributed by atoms with E-state index < -0.39 is 0 Å². The first-order valence-electron chi connectivity index (χ1n) is 7.50. The van der Waals surface area contributed by atoms with Gasteiger partial charge in [-0.1, -0.05) is 86.5 Å². The van der Waals surface area contributed by atoms with Crippen LogP contribution in [0, 0.1) is 17.3 Å². The predicted molar refractivity (Wildman–Crippen MR) is 75.8 cm³/mol. The van der Waals surface area contributed by atoms with Gasteiger partial charge in [0.1, 0.15) is 0 Å². The van der Waals surface area contributed by atoms with Gasteiger partial charge >= 0.3 is 0 Å². The molecule has 0 aromatic carbocycles. The van der Waals surface area contributed by atoms with Crippen LogP contribution in [0.3, 0.4) is 0 Å². The summed E-state index contributed by atoms with van der Waals surface area (Å²) in [4.78, 5) is 0. The summed E-state index contributed by atoms with van der Waals surface area (Å²) in [7, 11) is 0. The highest BCUT2D eigenvalue weighted by Crippen LogP contribution is 2.37. The van der Waals surface area contributed by atoms with Gasteiger partial charge in [0.15, 0.2) is 0 Å². The molecule has 0 bridgehead atoms. The zero-order valence-electron chi connectivity index (χ0n) is 12.6. The summed E-state index contributed by atoms with van der Waals surface area (Å²) in [6.07, 6.45) is 9.70. The van der Waals surface area contributed by atoms with Crippen molar-refractivity contribution in [2.24, 2.45) is 17.3 Å². The lowest BCUT2D eigenvalue weighted by Gasteiger charge is -2.34. The van der Waals surface area contributed by atoms with E-state index in [0.29, 0.717) is 5.41 Å². The Morgan fingerprint density at radius 1 is 0.875 bits per heavy atom. The molecule has 16 heavy (non-hydrogen) atoms. The van der Waals surface area contributed by atoms with Gasteiger partial charge in [-0.25, -0.2) is 0 Å². The molecule has 0 radical (unpaired) electrons. The van der Waals surface area contributed by atoms with Crippen LogP contribution in [0.15, 0.2) is 0 Å². The lowest BCUT2D eigenvalue weighted by atomic mass is 9.72. The SMILES string of the molecule is CCCC(C)CCCC(C)C(C)(CC)CC. The normalized spacial score (nSPS) is 16.1. The lowest BCUT2D eigenvalue weighted by molar-refractivity contribution is 0.168. The van der Waals surface area contributed by atoms with E-state index in [2.05, 4.69) is 41.5 Å². The van der Waals surface area contributed by atoms with Gasteiger partial charge in [0.2, 0.25) is 0 Å². The van der Waals surface area contributed by atoms with Crippen LogP contribution >= 0.6 is 0 Å². The molecule has 0 nitrogen and oxygen atoms in total. The lowest BCUT2D eigenvalue weighted by Crippen LogP contribution is -2.23. The number of rotatable bonds is 9. The van der Waals surface area contributed by atoms with E-state index >= 15 is 0 Å². The maximum absolute atomic E-state index is 2.47. The summed E-state index contributed by atoms with van der Waals surface area (Å²) in [6, 6.07) is 0. The van der Waals surface area contributed by atoms with Crippen molar-refractivity contribution in [2.45, 2.75) is 86.5 Å². The van der Waals surface area contributed by atoms with Gasteiger partial charge in [-0.2, -0.15) is 0 Å². The minimum absolute atomic E-state index is 0.577. The first kappa shape index (κ1) is 16.0. The van der Waals surface area contributed by atoms with Gasteiger partial charge in [-0.3, -0.25) is 0 Å². The molecule has 0 spiro atoms. The summed E-state index contributed by atoms with van der Waals surface area (Å²) in [5.41, 5.74) is 0.577. The smallest absolute Gasteiger partial charge is 0.0305 e. The first-order valence-corrected chi connectivity index (χ1v) is 7.50. The van der Waals surface area contributed by atoms with Crippen LogP contribution in [0.25, 0.3) is 0 Å². The molecule has 0 amide bonds. The van der Waals surface area contributed by atoms with E-state index in [-0.39, 0.29) is 0 Å². The average Bonchev–Trinajstić information content (AvgIpc) is 2.28. The van der Waals surface area contributed by atoms with Gasteiger partial charge in [0.05, 0.1) is 0 Å². The minimum atomic E-state index is 0.577. The third-order valence-corrected chi connectivity index (χ3v) is 4.92. The van der Waals surface area contributed by atoms with Crippen LogP contribution in [0.5, 0.6) is 0 Å². The minimum Gasteiger partial charge on any atom is -0.0654 e. The molecule has 0 heteroatoms. The molecule has 0 fully saturated rings. The highest BCUT2D eigenvalue weighted by molar-refractivity contribution is 4.77. The van der Waals surface area contributed by atoms with Crippen LogP contribution in [0.4, 0.5) is 0 Å². The van der Waals surface area contributed by atoms with Crippen LogP contribution in [-0.2, 0) is 0 Å². The highest BCUT2D eigenvalue weighted by Gasteiger charge is 2.26. The van der Waals surface area contributed by atoms with E-state index in [0.717, 1.165) is 11.8 Å². The molecule has 98 valence electrons. The van der Waals surface area contributed by atoms with E-state index in [4.69, 9.17) is 0 Å². The molecule has 0 aromatic heterocycles. The Morgan fingerprint density at radius 3 is 1.88 bits per heavy atom. The highest BCUT2D eigenvalue weighted by atomic mass is 14.3. The summed E-state index contributed by atoms with van der Waals surface area (Å²) in [6.45, 7) is 14.3. The standard InChI is InChI=1S/C16H34/c1-7-11-14(4)12-10-13-15(5)16(6,8-2)9-3/h14-15H,7-13H2,1-6H3. The van der Waals surface area contributed by atoms with E-state index in [9.17, 15) is 0 Å².